The summed E-state index contributed by atoms with van der Waals surface area (Å²) in [5.41, 5.74) is -1.50. The molecule has 0 aliphatic carbocycles. The van der Waals surface area contributed by atoms with Crippen molar-refractivity contribution in [3.8, 4) is 0 Å². The summed E-state index contributed by atoms with van der Waals surface area (Å²) in [6.07, 6.45) is 0.854. The summed E-state index contributed by atoms with van der Waals surface area (Å²) < 4.78 is 0. The zero-order valence-corrected chi connectivity index (χ0v) is 30.5. The average molecular weight is 586 g/mol. The van der Waals surface area contributed by atoms with E-state index in [1.807, 2.05) is 125 Å². The molecule has 0 aromatic rings. The molecule has 0 saturated heterocycles. The lowest BCUT2D eigenvalue weighted by Crippen LogP contribution is -2.29. The molecular formula is C33H66AlO6+6. The van der Waals surface area contributed by atoms with E-state index in [2.05, 4.69) is 0 Å². The van der Waals surface area contributed by atoms with Crippen LogP contribution in [-0.2, 0) is 0 Å². The number of ketones is 6. The van der Waals surface area contributed by atoms with Gasteiger partial charge in [-0.25, -0.2) is 0 Å². The summed E-state index contributed by atoms with van der Waals surface area (Å²) in [5, 5.41) is 0. The minimum Gasteiger partial charge on any atom is -0.282 e. The van der Waals surface area contributed by atoms with Crippen LogP contribution in [0.2, 0.25) is 0 Å². The van der Waals surface area contributed by atoms with Crippen LogP contribution in [0.25, 0.3) is 0 Å². The molecule has 0 fully saturated rings. The highest BCUT2D eigenvalue weighted by Gasteiger charge is 2.39. The van der Waals surface area contributed by atoms with E-state index in [9.17, 15) is 28.8 Å². The largest absolute Gasteiger partial charge is 0.311 e. The van der Waals surface area contributed by atoms with Gasteiger partial charge in [0.15, 0.2) is 19.3 Å². The van der Waals surface area contributed by atoms with Crippen LogP contribution in [0.4, 0.5) is 0 Å². The van der Waals surface area contributed by atoms with Gasteiger partial charge in [0.2, 0.25) is 0 Å². The molecule has 40 heavy (non-hydrogen) atoms. The lowest BCUT2D eigenvalue weighted by Gasteiger charge is -2.13. The highest BCUT2D eigenvalue weighted by atomic mass is 27.0. The van der Waals surface area contributed by atoms with Crippen LogP contribution in [-0.4, -0.2) is 80.8 Å². The minimum absolute atomic E-state index is 0. The first-order valence-electron chi connectivity index (χ1n) is 14.0. The fourth-order valence-corrected chi connectivity index (χ4v) is 2.07. The van der Waals surface area contributed by atoms with Gasteiger partial charge in [-0.15, -0.1) is 0 Å². The Hall–Kier alpha value is -1.45. The quantitative estimate of drug-likeness (QED) is 0.176. The molecule has 6 nitrogen and oxygen atoms in total. The molecule has 0 rings (SSSR count). The van der Waals surface area contributed by atoms with Crippen molar-refractivity contribution in [3.05, 3.63) is 0 Å². The fourth-order valence-electron chi connectivity index (χ4n) is 2.07. The van der Waals surface area contributed by atoms with E-state index >= 15 is 0 Å². The van der Waals surface area contributed by atoms with E-state index in [0.29, 0.717) is 34.7 Å². The Kier molecular flexibility index (Phi) is 18.5. The molecule has 6 N–H and O–H groups in total. The minimum atomic E-state index is -0.251. The third kappa shape index (κ3) is 21.3. The Morgan fingerprint density at radius 2 is 0.350 bits per heavy atom. The number of rotatable bonds is 6. The number of hydrogen-bond donors (Lipinski definition) is 0. The lowest BCUT2D eigenvalue weighted by atomic mass is 9.82. The van der Waals surface area contributed by atoms with Gasteiger partial charge in [0.25, 0.3) is 0 Å². The van der Waals surface area contributed by atoms with Crippen molar-refractivity contribution in [3.63, 3.8) is 0 Å². The van der Waals surface area contributed by atoms with Crippen molar-refractivity contribution in [1.82, 2.24) is 0 Å². The monoisotopic (exact) mass is 585 g/mol. The number of carbonyl (C=O) groups excluding carboxylic acids is 6. The predicted octanol–water partition coefficient (Wildman–Crippen LogP) is 7.29. The molecule has 7 heteroatoms. The number of hydrogen-bond acceptors (Lipinski definition) is 0. The Morgan fingerprint density at radius 1 is 0.275 bits per heavy atom. The molecule has 3 radical (unpaired) electrons. The van der Waals surface area contributed by atoms with E-state index in [4.69, 9.17) is 0 Å². The van der Waals surface area contributed by atoms with Crippen molar-refractivity contribution < 1.29 is 28.8 Å². The highest BCUT2D eigenvalue weighted by molar-refractivity contribution is 6.05. The summed E-state index contributed by atoms with van der Waals surface area (Å²) >= 11 is 0. The third-order valence-electron chi connectivity index (χ3n) is 6.20. The summed E-state index contributed by atoms with van der Waals surface area (Å²) in [5.74, 6) is 2.00. The third-order valence-corrected chi connectivity index (χ3v) is 6.20. The van der Waals surface area contributed by atoms with Crippen LogP contribution < -0.4 is 0 Å². The Morgan fingerprint density at radius 3 is 0.400 bits per heavy atom. The summed E-state index contributed by atoms with van der Waals surface area (Å²) in [6.45, 7) is 34.7. The molecule has 0 aliphatic rings. The summed E-state index contributed by atoms with van der Waals surface area (Å²) in [4.78, 5) is 57.9. The maximum absolute atomic E-state index is 9.66. The van der Waals surface area contributed by atoms with Gasteiger partial charge in [-0.3, -0.25) is 28.8 Å². The van der Waals surface area contributed by atoms with E-state index in [-0.39, 0.29) is 69.1 Å². The first-order valence-corrected chi connectivity index (χ1v) is 14.0. The van der Waals surface area contributed by atoms with Crippen LogP contribution in [0.15, 0.2) is 0 Å². The van der Waals surface area contributed by atoms with Gasteiger partial charge in [-0.2, -0.15) is 0 Å². The van der Waals surface area contributed by atoms with Gasteiger partial charge < -0.3 is 0 Å². The second-order valence-corrected chi connectivity index (χ2v) is 16.7. The fraction of sp³-hybridized carbons (Fsp3) is 0.818. The molecular weight excluding hydrogens is 519 g/mol. The molecule has 231 valence electrons. The van der Waals surface area contributed by atoms with Gasteiger partial charge in [-0.1, -0.05) is 0 Å². The maximum atomic E-state index is 9.66. The summed E-state index contributed by atoms with van der Waals surface area (Å²) in [6, 6.07) is 0. The second-order valence-electron chi connectivity index (χ2n) is 16.7. The Bertz CT molecular complexity index is 693. The Balaban J connectivity index is -0.000000240. The van der Waals surface area contributed by atoms with E-state index in [0.717, 1.165) is 0 Å². The van der Waals surface area contributed by atoms with Crippen LogP contribution in [0.1, 0.15) is 144 Å². The van der Waals surface area contributed by atoms with Gasteiger partial charge in [0.05, 0.1) is 32.5 Å². The molecule has 0 heterocycles. The van der Waals surface area contributed by atoms with Gasteiger partial charge in [0.1, 0.15) is 0 Å². The standard InChI is InChI=1S/3C11H20O2.Al/c3*1-10(2,3)8(12)7-9(13)11(4,5)6;/h3*7H2,1-6H3;/p+6. The zero-order chi connectivity index (χ0) is 32.6. The molecule has 0 spiro atoms. The molecule has 0 saturated carbocycles. The van der Waals surface area contributed by atoms with Gasteiger partial charge in [0, 0.05) is 17.4 Å². The van der Waals surface area contributed by atoms with Crippen LogP contribution in [0.5, 0.6) is 0 Å². The second kappa shape index (κ2) is 16.3. The molecule has 0 aromatic carbocycles. The predicted molar refractivity (Wildman–Crippen MR) is 178 cm³/mol. The van der Waals surface area contributed by atoms with Crippen molar-refractivity contribution in [2.24, 2.45) is 32.5 Å². The van der Waals surface area contributed by atoms with Crippen LogP contribution in [0, 0.1) is 32.5 Å². The zero-order valence-electron chi connectivity index (χ0n) is 29.4. The first kappa shape index (κ1) is 45.5. The maximum Gasteiger partial charge on any atom is 0.311 e. The molecule has 0 bridgehead atoms. The van der Waals surface area contributed by atoms with Crippen molar-refractivity contribution in [2.45, 2.75) is 144 Å². The van der Waals surface area contributed by atoms with Crippen molar-refractivity contribution in [1.29, 1.82) is 0 Å². The van der Waals surface area contributed by atoms with E-state index in [1.54, 1.807) is 0 Å². The Labute approximate surface area is 256 Å². The average Bonchev–Trinajstić information content (AvgIpc) is 2.64. The molecule has 0 amide bonds. The first-order chi connectivity index (χ1) is 16.6. The highest BCUT2D eigenvalue weighted by Crippen LogP contribution is 2.24. The van der Waals surface area contributed by atoms with Gasteiger partial charge >= 0.3 is 34.7 Å². The smallest absolute Gasteiger partial charge is 0.282 e. The van der Waals surface area contributed by atoms with Crippen molar-refractivity contribution in [2.75, 3.05) is 0 Å². The normalized spacial score (nSPS) is 12.4. The van der Waals surface area contributed by atoms with Crippen LogP contribution in [0.3, 0.4) is 0 Å². The van der Waals surface area contributed by atoms with Crippen molar-refractivity contribution >= 4 is 52.1 Å². The SMILES string of the molecule is CC(C)(C)C(=[OH+])CC(=[OH+])C(C)(C)C.CC(C)(C)C(=[OH+])CC(=[OH+])C(C)(C)C.CC(C)(C)C(=[OH+])CC(=[OH+])C(C)(C)C.[Al]. The molecule has 0 aliphatic heterocycles. The molecule has 0 atom stereocenters. The van der Waals surface area contributed by atoms with E-state index in [1.165, 1.54) is 0 Å². The van der Waals surface area contributed by atoms with Gasteiger partial charge in [-0.05, 0) is 125 Å². The molecule has 0 aromatic heterocycles. The van der Waals surface area contributed by atoms with E-state index < -0.39 is 0 Å². The topological polar surface area (TPSA) is 128 Å². The summed E-state index contributed by atoms with van der Waals surface area (Å²) in [7, 11) is 0. The molecule has 0 unspecified atom stereocenters. The van der Waals surface area contributed by atoms with Crippen LogP contribution >= 0.6 is 0 Å². The lowest BCUT2D eigenvalue weighted by molar-refractivity contribution is 0.478.